The number of hydrogen-bond donors (Lipinski definition) is 1. The second-order valence-electron chi connectivity index (χ2n) is 5.92. The van der Waals surface area contributed by atoms with Crippen LogP contribution in [0.1, 0.15) is 43.4 Å². The van der Waals surface area contributed by atoms with Crippen molar-refractivity contribution in [1.29, 1.82) is 0 Å². The molecule has 0 radical (unpaired) electrons. The second kappa shape index (κ2) is 6.30. The van der Waals surface area contributed by atoms with Gasteiger partial charge in [0.15, 0.2) is 0 Å². The first-order valence-corrected chi connectivity index (χ1v) is 7.88. The summed E-state index contributed by atoms with van der Waals surface area (Å²) in [7, 11) is 0. The molecule has 1 fully saturated rings. The standard InChI is InChI=1S/C19H22FN/c1-2-5-14-6-3-4-7-18(14)21-19(15-8-9-15)16-10-12-17(20)13-11-16/h3-4,6-7,10-13,15,19,21H,2,5,8-9H2,1H3. The summed E-state index contributed by atoms with van der Waals surface area (Å²) in [6.45, 7) is 2.20. The van der Waals surface area contributed by atoms with Crippen LogP contribution in [0.3, 0.4) is 0 Å². The molecule has 0 aromatic heterocycles. The van der Waals surface area contributed by atoms with E-state index < -0.39 is 0 Å². The fourth-order valence-electron chi connectivity index (χ4n) is 2.89. The van der Waals surface area contributed by atoms with E-state index >= 15 is 0 Å². The summed E-state index contributed by atoms with van der Waals surface area (Å²) < 4.78 is 13.1. The van der Waals surface area contributed by atoms with Crippen LogP contribution in [0, 0.1) is 11.7 Å². The molecule has 110 valence electrons. The van der Waals surface area contributed by atoms with Crippen LogP contribution >= 0.6 is 0 Å². The van der Waals surface area contributed by atoms with Gasteiger partial charge >= 0.3 is 0 Å². The van der Waals surface area contributed by atoms with Crippen molar-refractivity contribution in [1.82, 2.24) is 0 Å². The number of para-hydroxylation sites is 1. The van der Waals surface area contributed by atoms with Gasteiger partial charge in [-0.05, 0) is 54.5 Å². The molecule has 2 aromatic rings. The van der Waals surface area contributed by atoms with Crippen molar-refractivity contribution in [3.05, 3.63) is 65.5 Å². The summed E-state index contributed by atoms with van der Waals surface area (Å²) in [6, 6.07) is 15.8. The van der Waals surface area contributed by atoms with Crippen molar-refractivity contribution in [2.24, 2.45) is 5.92 Å². The van der Waals surface area contributed by atoms with E-state index in [4.69, 9.17) is 0 Å². The number of nitrogens with one attached hydrogen (secondary N) is 1. The Hall–Kier alpha value is -1.83. The van der Waals surface area contributed by atoms with Crippen molar-refractivity contribution >= 4 is 5.69 Å². The van der Waals surface area contributed by atoms with Gasteiger partial charge in [-0.15, -0.1) is 0 Å². The minimum absolute atomic E-state index is 0.167. The zero-order valence-corrected chi connectivity index (χ0v) is 12.5. The predicted octanol–water partition coefficient (Wildman–Crippen LogP) is 5.34. The average molecular weight is 283 g/mol. The van der Waals surface area contributed by atoms with Gasteiger partial charge in [-0.25, -0.2) is 4.39 Å². The summed E-state index contributed by atoms with van der Waals surface area (Å²) >= 11 is 0. The highest BCUT2D eigenvalue weighted by Gasteiger charge is 2.32. The first-order valence-electron chi connectivity index (χ1n) is 7.88. The highest BCUT2D eigenvalue weighted by Crippen LogP contribution is 2.43. The molecule has 3 rings (SSSR count). The Labute approximate surface area is 126 Å². The van der Waals surface area contributed by atoms with Gasteiger partial charge in [0.1, 0.15) is 5.82 Å². The Balaban J connectivity index is 1.84. The molecule has 2 heteroatoms. The largest absolute Gasteiger partial charge is 0.378 e. The summed E-state index contributed by atoms with van der Waals surface area (Å²) in [5.41, 5.74) is 3.78. The van der Waals surface area contributed by atoms with E-state index in [-0.39, 0.29) is 5.82 Å². The lowest BCUT2D eigenvalue weighted by molar-refractivity contribution is 0.622. The monoisotopic (exact) mass is 283 g/mol. The first kappa shape index (κ1) is 14.1. The van der Waals surface area contributed by atoms with E-state index in [1.54, 1.807) is 12.1 Å². The maximum atomic E-state index is 13.1. The molecule has 0 aliphatic heterocycles. The average Bonchev–Trinajstić information content (AvgIpc) is 3.32. The molecule has 0 saturated heterocycles. The molecule has 1 aliphatic rings. The van der Waals surface area contributed by atoms with E-state index in [0.29, 0.717) is 12.0 Å². The predicted molar refractivity (Wildman–Crippen MR) is 85.9 cm³/mol. The fourth-order valence-corrected chi connectivity index (χ4v) is 2.89. The molecule has 1 saturated carbocycles. The molecule has 21 heavy (non-hydrogen) atoms. The minimum Gasteiger partial charge on any atom is -0.378 e. The van der Waals surface area contributed by atoms with Crippen LogP contribution in [0.4, 0.5) is 10.1 Å². The zero-order valence-electron chi connectivity index (χ0n) is 12.5. The number of aryl methyl sites for hydroxylation is 1. The van der Waals surface area contributed by atoms with Crippen LogP contribution < -0.4 is 5.32 Å². The SMILES string of the molecule is CCCc1ccccc1NC(c1ccc(F)cc1)C1CC1. The molecular formula is C19H22FN. The molecule has 0 spiro atoms. The van der Waals surface area contributed by atoms with Gasteiger partial charge in [0.25, 0.3) is 0 Å². The molecule has 1 aliphatic carbocycles. The quantitative estimate of drug-likeness (QED) is 0.754. The third-order valence-corrected chi connectivity index (χ3v) is 4.17. The van der Waals surface area contributed by atoms with Gasteiger partial charge in [-0.1, -0.05) is 43.7 Å². The van der Waals surface area contributed by atoms with Crippen LogP contribution in [0.25, 0.3) is 0 Å². The Morgan fingerprint density at radius 2 is 1.81 bits per heavy atom. The number of benzene rings is 2. The normalized spacial score (nSPS) is 15.7. The Morgan fingerprint density at radius 3 is 2.48 bits per heavy atom. The maximum Gasteiger partial charge on any atom is 0.123 e. The topological polar surface area (TPSA) is 12.0 Å². The molecule has 1 atom stereocenters. The highest BCUT2D eigenvalue weighted by molar-refractivity contribution is 5.53. The first-order chi connectivity index (χ1) is 10.3. The molecule has 1 unspecified atom stereocenters. The lowest BCUT2D eigenvalue weighted by atomic mass is 10.0. The fraction of sp³-hybridized carbons (Fsp3) is 0.368. The summed E-state index contributed by atoms with van der Waals surface area (Å²) in [4.78, 5) is 0. The zero-order chi connectivity index (χ0) is 14.7. The molecule has 0 amide bonds. The number of halogens is 1. The van der Waals surface area contributed by atoms with E-state index in [1.807, 2.05) is 12.1 Å². The summed E-state index contributed by atoms with van der Waals surface area (Å²) in [6.07, 6.45) is 4.74. The minimum atomic E-state index is -0.167. The van der Waals surface area contributed by atoms with Crippen molar-refractivity contribution in [2.75, 3.05) is 5.32 Å². The van der Waals surface area contributed by atoms with Gasteiger partial charge < -0.3 is 5.32 Å². The summed E-state index contributed by atoms with van der Waals surface area (Å²) in [5.74, 6) is 0.504. The Kier molecular flexibility index (Phi) is 4.23. The highest BCUT2D eigenvalue weighted by atomic mass is 19.1. The van der Waals surface area contributed by atoms with Crippen LogP contribution in [0.2, 0.25) is 0 Å². The van der Waals surface area contributed by atoms with E-state index in [2.05, 4.69) is 36.5 Å². The lowest BCUT2D eigenvalue weighted by Gasteiger charge is -2.22. The van der Waals surface area contributed by atoms with Gasteiger partial charge in [-0.3, -0.25) is 0 Å². The van der Waals surface area contributed by atoms with Gasteiger partial charge in [0, 0.05) is 5.69 Å². The van der Waals surface area contributed by atoms with Gasteiger partial charge in [-0.2, -0.15) is 0 Å². The van der Waals surface area contributed by atoms with Crippen LogP contribution in [0.15, 0.2) is 48.5 Å². The Morgan fingerprint density at radius 1 is 1.10 bits per heavy atom. The molecule has 0 bridgehead atoms. The van der Waals surface area contributed by atoms with Crippen molar-refractivity contribution in [3.8, 4) is 0 Å². The third kappa shape index (κ3) is 3.44. The number of anilines is 1. The van der Waals surface area contributed by atoms with Crippen LogP contribution in [-0.2, 0) is 6.42 Å². The van der Waals surface area contributed by atoms with Crippen molar-refractivity contribution in [3.63, 3.8) is 0 Å². The molecule has 1 N–H and O–H groups in total. The number of rotatable bonds is 6. The molecule has 1 nitrogen and oxygen atoms in total. The maximum absolute atomic E-state index is 13.1. The smallest absolute Gasteiger partial charge is 0.123 e. The molecule has 0 heterocycles. The lowest BCUT2D eigenvalue weighted by Crippen LogP contribution is -2.14. The Bertz CT molecular complexity index is 587. The third-order valence-electron chi connectivity index (χ3n) is 4.17. The van der Waals surface area contributed by atoms with Crippen molar-refractivity contribution < 1.29 is 4.39 Å². The molecule has 2 aromatic carbocycles. The summed E-state index contributed by atoms with van der Waals surface area (Å²) in [5, 5.41) is 3.71. The molecular weight excluding hydrogens is 261 g/mol. The van der Waals surface area contributed by atoms with E-state index in [0.717, 1.165) is 12.8 Å². The van der Waals surface area contributed by atoms with Crippen molar-refractivity contribution in [2.45, 2.75) is 38.6 Å². The van der Waals surface area contributed by atoms with Crippen LogP contribution in [-0.4, -0.2) is 0 Å². The van der Waals surface area contributed by atoms with Gasteiger partial charge in [0.2, 0.25) is 0 Å². The second-order valence-corrected chi connectivity index (χ2v) is 5.92. The van der Waals surface area contributed by atoms with Gasteiger partial charge in [0.05, 0.1) is 6.04 Å². The number of hydrogen-bond acceptors (Lipinski definition) is 1. The van der Waals surface area contributed by atoms with E-state index in [9.17, 15) is 4.39 Å². The van der Waals surface area contributed by atoms with E-state index in [1.165, 1.54) is 29.7 Å². The van der Waals surface area contributed by atoms with Crippen LogP contribution in [0.5, 0.6) is 0 Å².